The van der Waals surface area contributed by atoms with E-state index in [1.54, 1.807) is 4.90 Å². The molecule has 4 rings (SSSR count). The van der Waals surface area contributed by atoms with Crippen LogP contribution in [0, 0.1) is 0 Å². The van der Waals surface area contributed by atoms with Gasteiger partial charge in [0.05, 0.1) is 15.8 Å². The Bertz CT molecular complexity index is 1030. The number of hydrogen-bond acceptors (Lipinski definition) is 5. The van der Waals surface area contributed by atoms with Crippen molar-refractivity contribution in [2.75, 3.05) is 19.7 Å². The fourth-order valence-corrected chi connectivity index (χ4v) is 6.19. The molecule has 162 valence electrons. The van der Waals surface area contributed by atoms with Crippen molar-refractivity contribution >= 4 is 38.8 Å². The number of piperidine rings is 1. The quantitative estimate of drug-likeness (QED) is 0.675. The molecule has 2 heterocycles. The first-order chi connectivity index (χ1) is 14.3. The van der Waals surface area contributed by atoms with Gasteiger partial charge < -0.3 is 9.29 Å². The number of nitrogens with zero attached hydrogens (tertiary/aromatic N) is 2. The second kappa shape index (κ2) is 8.43. The van der Waals surface area contributed by atoms with Crippen molar-refractivity contribution in [2.24, 2.45) is 0 Å². The summed E-state index contributed by atoms with van der Waals surface area (Å²) in [7, 11) is -3.72. The fraction of sp³-hybridized carbons (Fsp3) is 0.421. The Morgan fingerprint density at radius 1 is 1.17 bits per heavy atom. The van der Waals surface area contributed by atoms with Crippen LogP contribution in [0.4, 0.5) is 4.79 Å². The standard InChI is InChI=1S/C19H21ClN2O6S2/c20-14-1-6-18-13(11-14)12-28-19(23)22(18)15-7-9-21(10-8-15)30(26,27)17-4-2-16(3-5-17)29(24)25/h1-5,11,15,18H,6-10,12H2,(H,24,25). The monoisotopic (exact) mass is 472 g/mol. The first kappa shape index (κ1) is 21.5. The molecule has 2 atom stereocenters. The van der Waals surface area contributed by atoms with Gasteiger partial charge in [0.15, 0.2) is 11.1 Å². The highest BCUT2D eigenvalue weighted by Gasteiger charge is 2.41. The maximum Gasteiger partial charge on any atom is 0.410 e. The minimum atomic E-state index is -3.72. The Labute approximate surface area is 182 Å². The van der Waals surface area contributed by atoms with Gasteiger partial charge >= 0.3 is 6.09 Å². The molecular formula is C19H21ClN2O6S2. The first-order valence-electron chi connectivity index (χ1n) is 9.49. The maximum absolute atomic E-state index is 12.9. The van der Waals surface area contributed by atoms with Crippen LogP contribution in [0.3, 0.4) is 0 Å². The van der Waals surface area contributed by atoms with Crippen molar-refractivity contribution in [3.8, 4) is 0 Å². The molecule has 1 aromatic carbocycles. The van der Waals surface area contributed by atoms with Gasteiger partial charge in [0, 0.05) is 24.2 Å². The van der Waals surface area contributed by atoms with Crippen molar-refractivity contribution < 1.29 is 26.7 Å². The molecule has 1 N–H and O–H groups in total. The number of ether oxygens (including phenoxy) is 1. The van der Waals surface area contributed by atoms with Gasteiger partial charge in [-0.25, -0.2) is 17.4 Å². The van der Waals surface area contributed by atoms with Gasteiger partial charge in [0.25, 0.3) is 0 Å². The number of cyclic esters (lactones) is 1. The number of carbonyl (C=O) groups is 1. The van der Waals surface area contributed by atoms with Crippen LogP contribution < -0.4 is 0 Å². The average Bonchev–Trinajstić information content (AvgIpc) is 2.74. The molecule has 1 aromatic rings. The van der Waals surface area contributed by atoms with E-state index < -0.39 is 21.1 Å². The zero-order chi connectivity index (χ0) is 21.5. The molecule has 11 heteroatoms. The SMILES string of the molecule is O=C1OCC2=CC(Cl)=CCC2N1C1CCN(S(=O)(=O)c2ccc(S(=O)O)cc2)CC1. The highest BCUT2D eigenvalue weighted by atomic mass is 35.5. The highest BCUT2D eigenvalue weighted by Crippen LogP contribution is 2.33. The van der Waals surface area contributed by atoms with Gasteiger partial charge in [-0.1, -0.05) is 17.7 Å². The van der Waals surface area contributed by atoms with Crippen LogP contribution >= 0.6 is 11.6 Å². The molecule has 2 fully saturated rings. The van der Waals surface area contributed by atoms with Crippen LogP contribution in [0.1, 0.15) is 19.3 Å². The fourth-order valence-electron chi connectivity index (χ4n) is 4.13. The molecule has 1 aliphatic carbocycles. The summed E-state index contributed by atoms with van der Waals surface area (Å²) < 4.78 is 52.7. The third-order valence-electron chi connectivity index (χ3n) is 5.68. The summed E-state index contributed by atoms with van der Waals surface area (Å²) in [6, 6.07) is 5.10. The van der Waals surface area contributed by atoms with E-state index in [9.17, 15) is 17.4 Å². The van der Waals surface area contributed by atoms with Gasteiger partial charge in [0.1, 0.15) is 6.61 Å². The number of halogens is 1. The van der Waals surface area contributed by atoms with Crippen LogP contribution in [-0.4, -0.2) is 64.3 Å². The van der Waals surface area contributed by atoms with Gasteiger partial charge in [-0.2, -0.15) is 4.31 Å². The van der Waals surface area contributed by atoms with Crippen LogP contribution in [0.25, 0.3) is 0 Å². The Balaban J connectivity index is 1.46. The lowest BCUT2D eigenvalue weighted by Gasteiger charge is -2.45. The van der Waals surface area contributed by atoms with Crippen molar-refractivity contribution in [3.63, 3.8) is 0 Å². The number of hydrogen-bond donors (Lipinski definition) is 1. The van der Waals surface area contributed by atoms with Crippen molar-refractivity contribution in [3.05, 3.63) is 47.0 Å². The van der Waals surface area contributed by atoms with E-state index in [0.29, 0.717) is 24.3 Å². The van der Waals surface area contributed by atoms with E-state index in [-0.39, 0.29) is 47.7 Å². The third-order valence-corrected chi connectivity index (χ3v) is 8.53. The van der Waals surface area contributed by atoms with Crippen LogP contribution in [0.5, 0.6) is 0 Å². The van der Waals surface area contributed by atoms with Crippen LogP contribution in [0.2, 0.25) is 0 Å². The number of amides is 1. The summed E-state index contributed by atoms with van der Waals surface area (Å²) in [6.45, 7) is 0.769. The van der Waals surface area contributed by atoms with Crippen LogP contribution in [0.15, 0.2) is 56.8 Å². The number of carbonyl (C=O) groups excluding carboxylic acids is 1. The van der Waals surface area contributed by atoms with E-state index in [4.69, 9.17) is 20.9 Å². The van der Waals surface area contributed by atoms with Gasteiger partial charge in [-0.3, -0.25) is 4.90 Å². The Hall–Kier alpha value is -1.72. The molecule has 8 nitrogen and oxygen atoms in total. The Kier molecular flexibility index (Phi) is 6.04. The molecular weight excluding hydrogens is 452 g/mol. The lowest BCUT2D eigenvalue weighted by atomic mass is 9.93. The summed E-state index contributed by atoms with van der Waals surface area (Å²) in [6.07, 6.45) is 4.94. The van der Waals surface area contributed by atoms with E-state index in [0.717, 1.165) is 5.57 Å². The average molecular weight is 473 g/mol. The third kappa shape index (κ3) is 4.06. The summed E-state index contributed by atoms with van der Waals surface area (Å²) in [4.78, 5) is 14.4. The Morgan fingerprint density at radius 2 is 1.83 bits per heavy atom. The molecule has 2 unspecified atom stereocenters. The number of sulfonamides is 1. The molecule has 30 heavy (non-hydrogen) atoms. The van der Waals surface area contributed by atoms with E-state index in [2.05, 4.69) is 0 Å². The molecule has 2 aliphatic heterocycles. The van der Waals surface area contributed by atoms with Crippen molar-refractivity contribution in [1.29, 1.82) is 0 Å². The van der Waals surface area contributed by atoms with Crippen molar-refractivity contribution in [2.45, 2.75) is 41.1 Å². The molecule has 2 saturated heterocycles. The van der Waals surface area contributed by atoms with Gasteiger partial charge in [-0.05, 0) is 55.2 Å². The number of allylic oxidation sites excluding steroid dienone is 2. The summed E-state index contributed by atoms with van der Waals surface area (Å²) >= 11 is 3.92. The molecule has 3 aliphatic rings. The molecule has 0 spiro atoms. The summed E-state index contributed by atoms with van der Waals surface area (Å²) in [5.74, 6) is 0. The lowest BCUT2D eigenvalue weighted by Crippen LogP contribution is -2.56. The minimum Gasteiger partial charge on any atom is -0.445 e. The predicted octanol–water partition coefficient (Wildman–Crippen LogP) is 2.69. The van der Waals surface area contributed by atoms with E-state index in [1.807, 2.05) is 12.2 Å². The molecule has 1 amide bonds. The van der Waals surface area contributed by atoms with E-state index in [1.165, 1.54) is 28.6 Å². The zero-order valence-corrected chi connectivity index (χ0v) is 18.3. The van der Waals surface area contributed by atoms with E-state index >= 15 is 0 Å². The topological polar surface area (TPSA) is 104 Å². The first-order valence-corrected chi connectivity index (χ1v) is 12.4. The minimum absolute atomic E-state index is 0.0739. The second-order valence-electron chi connectivity index (χ2n) is 7.38. The summed E-state index contributed by atoms with van der Waals surface area (Å²) in [5, 5.41) is 0.635. The van der Waals surface area contributed by atoms with Gasteiger partial charge in [0.2, 0.25) is 10.0 Å². The van der Waals surface area contributed by atoms with Crippen LogP contribution in [-0.2, 0) is 25.8 Å². The lowest BCUT2D eigenvalue weighted by molar-refractivity contribution is 0.0393. The Morgan fingerprint density at radius 3 is 2.47 bits per heavy atom. The molecule has 0 radical (unpaired) electrons. The zero-order valence-electron chi connectivity index (χ0n) is 15.9. The normalized spacial score (nSPS) is 24.5. The number of rotatable bonds is 4. The number of fused-ring (bicyclic) bond motifs is 1. The predicted molar refractivity (Wildman–Crippen MR) is 111 cm³/mol. The summed E-state index contributed by atoms with van der Waals surface area (Å²) in [5.41, 5.74) is 0.957. The second-order valence-corrected chi connectivity index (χ2v) is 10.7. The largest absolute Gasteiger partial charge is 0.445 e. The van der Waals surface area contributed by atoms with Gasteiger partial charge in [-0.15, -0.1) is 0 Å². The highest BCUT2D eigenvalue weighted by molar-refractivity contribution is 7.89. The molecule has 0 saturated carbocycles. The smallest absolute Gasteiger partial charge is 0.410 e. The van der Waals surface area contributed by atoms with Crippen molar-refractivity contribution in [1.82, 2.24) is 9.21 Å². The molecule has 0 aromatic heterocycles. The molecule has 0 bridgehead atoms. The number of benzene rings is 1. The maximum atomic E-state index is 12.9.